The largest absolute Gasteiger partial charge is 0.379 e. The fourth-order valence-electron chi connectivity index (χ4n) is 3.82. The molecule has 1 amide bonds. The molecule has 0 saturated carbocycles. The van der Waals surface area contributed by atoms with Crippen LogP contribution in [-0.4, -0.2) is 54.3 Å². The van der Waals surface area contributed by atoms with Crippen molar-refractivity contribution < 1.29 is 9.53 Å². The molecule has 0 radical (unpaired) electrons. The highest BCUT2D eigenvalue weighted by Crippen LogP contribution is 2.20. The predicted molar refractivity (Wildman–Crippen MR) is 111 cm³/mol. The summed E-state index contributed by atoms with van der Waals surface area (Å²) in [6, 6.07) is 6.56. The molecule has 0 aliphatic carbocycles. The Hall–Kier alpha value is -1.63. The van der Waals surface area contributed by atoms with Gasteiger partial charge in [-0.15, -0.1) is 11.3 Å². The number of carbonyl (C=O) groups is 1. The molecule has 0 spiro atoms. The van der Waals surface area contributed by atoms with Crippen LogP contribution in [0.2, 0.25) is 0 Å². The van der Waals surface area contributed by atoms with Crippen LogP contribution in [0.1, 0.15) is 40.5 Å². The molecule has 1 saturated heterocycles. The van der Waals surface area contributed by atoms with Crippen LogP contribution in [-0.2, 0) is 11.3 Å². The Morgan fingerprint density at radius 2 is 2.04 bits per heavy atom. The third kappa shape index (κ3) is 4.81. The van der Waals surface area contributed by atoms with Crippen molar-refractivity contribution in [2.45, 2.75) is 40.3 Å². The summed E-state index contributed by atoms with van der Waals surface area (Å²) in [5.74, 6) is 0.508. The number of aryl methyl sites for hydroxylation is 1. The van der Waals surface area contributed by atoms with Crippen LogP contribution in [0, 0.1) is 19.8 Å². The third-order valence-electron chi connectivity index (χ3n) is 5.47. The molecule has 1 N–H and O–H groups in total. The number of hydrogen-bond acceptors (Lipinski definition) is 4. The smallest absolute Gasteiger partial charge is 0.253 e. The van der Waals surface area contributed by atoms with Gasteiger partial charge in [0.25, 0.3) is 5.91 Å². The monoisotopic (exact) mass is 389 g/mol. The molecule has 1 atom stereocenters. The van der Waals surface area contributed by atoms with E-state index in [1.165, 1.54) is 4.88 Å². The van der Waals surface area contributed by atoms with Crippen molar-refractivity contribution in [3.63, 3.8) is 0 Å². The lowest BCUT2D eigenvalue weighted by atomic mass is 10.0. The van der Waals surface area contributed by atoms with Crippen molar-refractivity contribution >= 4 is 17.2 Å². The van der Waals surface area contributed by atoms with Gasteiger partial charge in [0.2, 0.25) is 0 Å². The SMILES string of the molecule is Cc1cc(C(=O)NCC(C(C)C)N2CCOCC2)c(C)n1Cc1cccs1. The third-order valence-corrected chi connectivity index (χ3v) is 6.33. The molecule has 0 bridgehead atoms. The molecule has 0 aromatic carbocycles. The second-order valence-corrected chi connectivity index (χ2v) is 8.65. The first kappa shape index (κ1) is 20.1. The van der Waals surface area contributed by atoms with Gasteiger partial charge in [0, 0.05) is 41.9 Å². The van der Waals surface area contributed by atoms with Gasteiger partial charge in [-0.05, 0) is 37.3 Å². The van der Waals surface area contributed by atoms with Crippen LogP contribution in [0.4, 0.5) is 0 Å². The quantitative estimate of drug-likeness (QED) is 0.790. The van der Waals surface area contributed by atoms with E-state index in [0.29, 0.717) is 18.5 Å². The van der Waals surface area contributed by atoms with E-state index in [2.05, 4.69) is 53.1 Å². The summed E-state index contributed by atoms with van der Waals surface area (Å²) in [5.41, 5.74) is 2.94. The maximum absolute atomic E-state index is 12.9. The highest BCUT2D eigenvalue weighted by molar-refractivity contribution is 7.09. The number of ether oxygens (including phenoxy) is 1. The van der Waals surface area contributed by atoms with Crippen LogP contribution < -0.4 is 5.32 Å². The van der Waals surface area contributed by atoms with Crippen LogP contribution >= 0.6 is 11.3 Å². The molecule has 1 unspecified atom stereocenters. The average molecular weight is 390 g/mol. The number of morpholine rings is 1. The maximum atomic E-state index is 12.9. The Labute approximate surface area is 166 Å². The van der Waals surface area contributed by atoms with Crippen molar-refractivity contribution in [3.05, 3.63) is 45.4 Å². The van der Waals surface area contributed by atoms with Crippen molar-refractivity contribution in [1.82, 2.24) is 14.8 Å². The molecule has 1 fully saturated rings. The number of carbonyl (C=O) groups excluding carboxylic acids is 1. The van der Waals surface area contributed by atoms with E-state index in [4.69, 9.17) is 4.74 Å². The van der Waals surface area contributed by atoms with Gasteiger partial charge in [-0.25, -0.2) is 0 Å². The second-order valence-electron chi connectivity index (χ2n) is 7.62. The maximum Gasteiger partial charge on any atom is 0.253 e. The molecular weight excluding hydrogens is 358 g/mol. The summed E-state index contributed by atoms with van der Waals surface area (Å²) in [5, 5.41) is 5.28. The lowest BCUT2D eigenvalue weighted by Crippen LogP contribution is -2.51. The van der Waals surface area contributed by atoms with Gasteiger partial charge in [-0.3, -0.25) is 9.69 Å². The van der Waals surface area contributed by atoms with Gasteiger partial charge in [-0.1, -0.05) is 19.9 Å². The number of rotatable bonds is 7. The molecule has 2 aromatic rings. The van der Waals surface area contributed by atoms with Gasteiger partial charge in [0.15, 0.2) is 0 Å². The van der Waals surface area contributed by atoms with Crippen molar-refractivity contribution in [2.24, 2.45) is 5.92 Å². The minimum atomic E-state index is 0.0273. The Kier molecular flexibility index (Phi) is 6.73. The number of nitrogens with one attached hydrogen (secondary N) is 1. The van der Waals surface area contributed by atoms with Crippen LogP contribution in [0.15, 0.2) is 23.6 Å². The fourth-order valence-corrected chi connectivity index (χ4v) is 4.51. The molecule has 3 heterocycles. The van der Waals surface area contributed by atoms with Crippen LogP contribution in [0.25, 0.3) is 0 Å². The molecular formula is C21H31N3O2S. The number of nitrogens with zero attached hydrogens (tertiary/aromatic N) is 2. The van der Waals surface area contributed by atoms with E-state index >= 15 is 0 Å². The van der Waals surface area contributed by atoms with Crippen molar-refractivity contribution in [2.75, 3.05) is 32.8 Å². The van der Waals surface area contributed by atoms with E-state index in [1.807, 2.05) is 13.0 Å². The number of thiophene rings is 1. The Bertz CT molecular complexity index is 746. The molecule has 2 aromatic heterocycles. The second kappa shape index (κ2) is 9.04. The minimum Gasteiger partial charge on any atom is -0.379 e. The van der Waals surface area contributed by atoms with Gasteiger partial charge in [0.1, 0.15) is 0 Å². The van der Waals surface area contributed by atoms with Gasteiger partial charge in [-0.2, -0.15) is 0 Å². The highest BCUT2D eigenvalue weighted by Gasteiger charge is 2.25. The summed E-state index contributed by atoms with van der Waals surface area (Å²) in [6.07, 6.45) is 0. The first-order valence-corrected chi connectivity index (χ1v) is 10.6. The Morgan fingerprint density at radius 1 is 1.30 bits per heavy atom. The van der Waals surface area contributed by atoms with E-state index in [-0.39, 0.29) is 5.91 Å². The first-order valence-electron chi connectivity index (χ1n) is 9.76. The zero-order chi connectivity index (χ0) is 19.4. The first-order chi connectivity index (χ1) is 13.0. The summed E-state index contributed by atoms with van der Waals surface area (Å²) in [4.78, 5) is 16.6. The topological polar surface area (TPSA) is 46.5 Å². The van der Waals surface area contributed by atoms with Gasteiger partial charge >= 0.3 is 0 Å². The van der Waals surface area contributed by atoms with Crippen molar-refractivity contribution in [3.8, 4) is 0 Å². The zero-order valence-electron chi connectivity index (χ0n) is 16.8. The standard InChI is InChI=1S/C21H31N3O2S/c1-15(2)20(23-7-9-26-10-8-23)13-22-21(25)19-12-16(3)24(17(19)4)14-18-6-5-11-27-18/h5-6,11-12,15,20H,7-10,13-14H2,1-4H3,(H,22,25). The molecule has 27 heavy (non-hydrogen) atoms. The Balaban J connectivity index is 1.66. The van der Waals surface area contributed by atoms with Gasteiger partial charge in [0.05, 0.1) is 25.3 Å². The van der Waals surface area contributed by atoms with Crippen LogP contribution in [0.5, 0.6) is 0 Å². The average Bonchev–Trinajstić information content (AvgIpc) is 3.26. The zero-order valence-corrected chi connectivity index (χ0v) is 17.6. The van der Waals surface area contributed by atoms with E-state index in [9.17, 15) is 4.79 Å². The molecule has 1 aliphatic heterocycles. The van der Waals surface area contributed by atoms with E-state index < -0.39 is 0 Å². The predicted octanol–water partition coefficient (Wildman–Crippen LogP) is 3.30. The number of hydrogen-bond donors (Lipinski definition) is 1. The molecule has 148 valence electrons. The molecule has 3 rings (SSSR count). The number of amides is 1. The van der Waals surface area contributed by atoms with Gasteiger partial charge < -0.3 is 14.6 Å². The molecule has 6 heteroatoms. The summed E-state index contributed by atoms with van der Waals surface area (Å²) in [7, 11) is 0. The normalized spacial score (nSPS) is 16.6. The van der Waals surface area contributed by atoms with E-state index in [1.54, 1.807) is 11.3 Å². The minimum absolute atomic E-state index is 0.0273. The summed E-state index contributed by atoms with van der Waals surface area (Å²) in [6.45, 7) is 13.5. The Morgan fingerprint density at radius 3 is 2.67 bits per heavy atom. The van der Waals surface area contributed by atoms with Crippen LogP contribution in [0.3, 0.4) is 0 Å². The summed E-state index contributed by atoms with van der Waals surface area (Å²) >= 11 is 1.75. The highest BCUT2D eigenvalue weighted by atomic mass is 32.1. The lowest BCUT2D eigenvalue weighted by Gasteiger charge is -2.36. The summed E-state index contributed by atoms with van der Waals surface area (Å²) < 4.78 is 7.69. The number of aromatic nitrogens is 1. The lowest BCUT2D eigenvalue weighted by molar-refractivity contribution is 0.00672. The van der Waals surface area contributed by atoms with E-state index in [0.717, 1.165) is 49.8 Å². The molecule has 1 aliphatic rings. The molecule has 5 nitrogen and oxygen atoms in total. The van der Waals surface area contributed by atoms with Crippen molar-refractivity contribution in [1.29, 1.82) is 0 Å². The fraction of sp³-hybridized carbons (Fsp3) is 0.571.